The normalized spacial score (nSPS) is 11.1. The van der Waals surface area contributed by atoms with Gasteiger partial charge in [0.05, 0.1) is 11.9 Å². The fraction of sp³-hybridized carbons (Fsp3) is 0.278. The van der Waals surface area contributed by atoms with E-state index in [0.717, 1.165) is 11.4 Å². The average molecular weight is 424 g/mol. The van der Waals surface area contributed by atoms with Crippen molar-refractivity contribution in [3.8, 4) is 6.07 Å². The smallest absolute Gasteiger partial charge is 0.175 e. The fourth-order valence-corrected chi connectivity index (χ4v) is 3.29. The molecule has 3 aromatic rings. The molecule has 0 saturated heterocycles. The molecule has 2 heterocycles. The van der Waals surface area contributed by atoms with E-state index in [-0.39, 0.29) is 0 Å². The number of rotatable bonds is 8. The standard InChI is InChI=1S/C18H17Cl3N6/c19-5-7-26(8-6-20)12-16-9-17(24-15-3-1-14(21)2-4-15)27-18(25-16)13(10-22)11-23-27/h1-4,9,11,24H,5-8,12H2. The van der Waals surface area contributed by atoms with Crippen molar-refractivity contribution in [3.63, 3.8) is 0 Å². The number of benzene rings is 1. The van der Waals surface area contributed by atoms with Crippen LogP contribution in [0.3, 0.4) is 0 Å². The van der Waals surface area contributed by atoms with Gasteiger partial charge in [-0.15, -0.1) is 23.2 Å². The van der Waals surface area contributed by atoms with Gasteiger partial charge in [-0.1, -0.05) is 11.6 Å². The zero-order valence-corrected chi connectivity index (χ0v) is 16.6. The molecule has 9 heteroatoms. The van der Waals surface area contributed by atoms with Gasteiger partial charge in [-0.3, -0.25) is 4.90 Å². The van der Waals surface area contributed by atoms with Gasteiger partial charge in [0.1, 0.15) is 17.5 Å². The molecule has 0 aliphatic carbocycles. The van der Waals surface area contributed by atoms with Crippen molar-refractivity contribution in [1.82, 2.24) is 19.5 Å². The van der Waals surface area contributed by atoms with Crippen molar-refractivity contribution in [1.29, 1.82) is 5.26 Å². The second-order valence-electron chi connectivity index (χ2n) is 5.82. The minimum absolute atomic E-state index is 0.414. The van der Waals surface area contributed by atoms with Crippen molar-refractivity contribution < 1.29 is 0 Å². The Bertz CT molecular complexity index is 942. The van der Waals surface area contributed by atoms with E-state index < -0.39 is 0 Å². The molecule has 0 unspecified atom stereocenters. The second kappa shape index (κ2) is 9.25. The summed E-state index contributed by atoms with van der Waals surface area (Å²) >= 11 is 17.7. The molecule has 6 nitrogen and oxygen atoms in total. The van der Waals surface area contributed by atoms with Crippen LogP contribution in [0.25, 0.3) is 5.65 Å². The van der Waals surface area contributed by atoms with Crippen molar-refractivity contribution >= 4 is 52.0 Å². The Balaban J connectivity index is 1.99. The molecule has 1 N–H and O–H groups in total. The molecule has 0 spiro atoms. The molecule has 2 aromatic heterocycles. The first-order valence-electron chi connectivity index (χ1n) is 8.29. The highest BCUT2D eigenvalue weighted by Crippen LogP contribution is 2.22. The third kappa shape index (κ3) is 4.82. The Kier molecular flexibility index (Phi) is 6.75. The first kappa shape index (κ1) is 19.7. The van der Waals surface area contributed by atoms with Crippen LogP contribution in [0.1, 0.15) is 11.3 Å². The molecule has 0 saturated carbocycles. The Hall–Kier alpha value is -2.04. The van der Waals surface area contributed by atoms with E-state index in [1.165, 1.54) is 6.20 Å². The van der Waals surface area contributed by atoms with Gasteiger partial charge in [-0.05, 0) is 24.3 Å². The molecule has 0 radical (unpaired) electrons. The van der Waals surface area contributed by atoms with E-state index >= 15 is 0 Å². The van der Waals surface area contributed by atoms with Gasteiger partial charge in [-0.2, -0.15) is 14.9 Å². The van der Waals surface area contributed by atoms with Crippen LogP contribution in [0.4, 0.5) is 11.5 Å². The third-order valence-corrected chi connectivity index (χ3v) is 4.54. The number of fused-ring (bicyclic) bond motifs is 1. The summed E-state index contributed by atoms with van der Waals surface area (Å²) in [6.07, 6.45) is 1.51. The van der Waals surface area contributed by atoms with Crippen LogP contribution >= 0.6 is 34.8 Å². The van der Waals surface area contributed by atoms with Gasteiger partial charge in [0.15, 0.2) is 5.65 Å². The lowest BCUT2D eigenvalue weighted by molar-refractivity contribution is 0.296. The monoisotopic (exact) mass is 422 g/mol. The number of nitrogens with zero attached hydrogens (tertiary/aromatic N) is 5. The largest absolute Gasteiger partial charge is 0.340 e. The number of nitriles is 1. The topological polar surface area (TPSA) is 69.2 Å². The summed E-state index contributed by atoms with van der Waals surface area (Å²) in [7, 11) is 0. The van der Waals surface area contributed by atoms with Gasteiger partial charge in [-0.25, -0.2) is 4.98 Å². The van der Waals surface area contributed by atoms with E-state index in [1.54, 1.807) is 16.6 Å². The molecule has 0 aliphatic rings. The van der Waals surface area contributed by atoms with E-state index in [2.05, 4.69) is 26.4 Å². The zero-order valence-electron chi connectivity index (χ0n) is 14.4. The highest BCUT2D eigenvalue weighted by Gasteiger charge is 2.14. The first-order chi connectivity index (χ1) is 13.1. The summed E-state index contributed by atoms with van der Waals surface area (Å²) in [4.78, 5) is 6.73. The minimum atomic E-state index is 0.414. The summed E-state index contributed by atoms with van der Waals surface area (Å²) in [6, 6.07) is 11.4. The Labute approximate surface area is 172 Å². The maximum absolute atomic E-state index is 9.35. The van der Waals surface area contributed by atoms with Crippen LogP contribution in [0, 0.1) is 11.3 Å². The molecule has 0 fully saturated rings. The summed E-state index contributed by atoms with van der Waals surface area (Å²) in [5, 5.41) is 17.6. The van der Waals surface area contributed by atoms with E-state index in [0.29, 0.717) is 53.4 Å². The summed E-state index contributed by atoms with van der Waals surface area (Å²) in [6.45, 7) is 1.97. The molecule has 140 valence electrons. The van der Waals surface area contributed by atoms with Crippen molar-refractivity contribution in [2.45, 2.75) is 6.54 Å². The Morgan fingerprint density at radius 1 is 1.15 bits per heavy atom. The lowest BCUT2D eigenvalue weighted by Gasteiger charge is -2.20. The van der Waals surface area contributed by atoms with E-state index in [9.17, 15) is 5.26 Å². The van der Waals surface area contributed by atoms with Crippen LogP contribution in [0.15, 0.2) is 36.5 Å². The molecule has 3 rings (SSSR count). The first-order valence-corrected chi connectivity index (χ1v) is 9.74. The number of alkyl halides is 2. The quantitative estimate of drug-likeness (QED) is 0.548. The summed E-state index contributed by atoms with van der Waals surface area (Å²) in [5.41, 5.74) is 2.57. The molecular weight excluding hydrogens is 407 g/mol. The number of anilines is 2. The molecule has 0 aliphatic heterocycles. The minimum Gasteiger partial charge on any atom is -0.340 e. The van der Waals surface area contributed by atoms with Gasteiger partial charge in [0.2, 0.25) is 0 Å². The molecule has 27 heavy (non-hydrogen) atoms. The highest BCUT2D eigenvalue weighted by molar-refractivity contribution is 6.30. The molecule has 0 bridgehead atoms. The third-order valence-electron chi connectivity index (χ3n) is 3.95. The van der Waals surface area contributed by atoms with Crippen LogP contribution in [0.2, 0.25) is 5.02 Å². The number of halogens is 3. The van der Waals surface area contributed by atoms with Crippen LogP contribution < -0.4 is 5.32 Å². The van der Waals surface area contributed by atoms with Crippen molar-refractivity contribution in [2.75, 3.05) is 30.2 Å². The highest BCUT2D eigenvalue weighted by atomic mass is 35.5. The fourth-order valence-electron chi connectivity index (χ4n) is 2.68. The summed E-state index contributed by atoms with van der Waals surface area (Å²) < 4.78 is 1.62. The Morgan fingerprint density at radius 2 is 1.85 bits per heavy atom. The van der Waals surface area contributed by atoms with Gasteiger partial charge in [0, 0.05) is 48.2 Å². The van der Waals surface area contributed by atoms with Gasteiger partial charge < -0.3 is 5.32 Å². The van der Waals surface area contributed by atoms with Crippen LogP contribution in [0.5, 0.6) is 0 Å². The number of hydrogen-bond acceptors (Lipinski definition) is 5. The number of nitrogens with one attached hydrogen (secondary N) is 1. The molecule has 0 atom stereocenters. The average Bonchev–Trinajstić information content (AvgIpc) is 3.07. The molecule has 1 aromatic carbocycles. The Morgan fingerprint density at radius 3 is 2.48 bits per heavy atom. The van der Waals surface area contributed by atoms with Gasteiger partial charge >= 0.3 is 0 Å². The summed E-state index contributed by atoms with van der Waals surface area (Å²) in [5.74, 6) is 1.71. The van der Waals surface area contributed by atoms with Crippen LogP contribution in [-0.2, 0) is 6.54 Å². The predicted octanol–water partition coefficient (Wildman–Crippen LogP) is 4.28. The second-order valence-corrected chi connectivity index (χ2v) is 7.02. The molecular formula is C18H17Cl3N6. The predicted molar refractivity (Wildman–Crippen MR) is 109 cm³/mol. The van der Waals surface area contributed by atoms with E-state index in [1.807, 2.05) is 18.2 Å². The van der Waals surface area contributed by atoms with Crippen LogP contribution in [-0.4, -0.2) is 44.3 Å². The number of hydrogen-bond donors (Lipinski definition) is 1. The van der Waals surface area contributed by atoms with Crippen molar-refractivity contribution in [3.05, 3.63) is 52.8 Å². The van der Waals surface area contributed by atoms with Gasteiger partial charge in [0.25, 0.3) is 0 Å². The maximum Gasteiger partial charge on any atom is 0.175 e. The number of aromatic nitrogens is 3. The lowest BCUT2D eigenvalue weighted by Crippen LogP contribution is -2.28. The SMILES string of the molecule is N#Cc1cnn2c(Nc3ccc(Cl)cc3)cc(CN(CCCl)CCCl)nc12. The molecule has 0 amide bonds. The van der Waals surface area contributed by atoms with E-state index in [4.69, 9.17) is 34.8 Å². The lowest BCUT2D eigenvalue weighted by atomic mass is 10.3. The zero-order chi connectivity index (χ0) is 19.2. The maximum atomic E-state index is 9.35. The van der Waals surface area contributed by atoms with Crippen molar-refractivity contribution in [2.24, 2.45) is 0 Å².